The van der Waals surface area contributed by atoms with Crippen molar-refractivity contribution in [3.05, 3.63) is 17.5 Å². The van der Waals surface area contributed by atoms with Gasteiger partial charge in [0, 0.05) is 5.56 Å². The van der Waals surface area contributed by atoms with Crippen molar-refractivity contribution in [3.63, 3.8) is 0 Å². The van der Waals surface area contributed by atoms with Gasteiger partial charge in [0.15, 0.2) is 17.9 Å². The monoisotopic (exact) mass is 414 g/mol. The second-order valence-corrected chi connectivity index (χ2v) is 6.06. The number of carbonyl (C=O) groups excluding carboxylic acids is 4. The minimum absolute atomic E-state index is 0.0998. The van der Waals surface area contributed by atoms with Crippen LogP contribution < -0.4 is 0 Å². The van der Waals surface area contributed by atoms with Crippen molar-refractivity contribution in [3.8, 4) is 0 Å². The van der Waals surface area contributed by atoms with Crippen molar-refractivity contribution in [1.82, 2.24) is 10.4 Å². The molecule has 0 aromatic carbocycles. The zero-order valence-electron chi connectivity index (χ0n) is 15.8. The van der Waals surface area contributed by atoms with Crippen LogP contribution in [0, 0.1) is 5.92 Å². The Kier molecular flexibility index (Phi) is 5.81. The Morgan fingerprint density at radius 2 is 1.48 bits per heavy atom. The third-order valence-corrected chi connectivity index (χ3v) is 4.74. The summed E-state index contributed by atoms with van der Waals surface area (Å²) in [5.74, 6) is -5.64. The summed E-state index contributed by atoms with van der Waals surface area (Å²) in [6.45, 7) is 0. The molecule has 5 atom stereocenters. The van der Waals surface area contributed by atoms with Crippen molar-refractivity contribution < 1.29 is 52.3 Å². The summed E-state index contributed by atoms with van der Waals surface area (Å²) in [4.78, 5) is 59.9. The Morgan fingerprint density at radius 1 is 0.897 bits per heavy atom. The standard InChI is InChI=1S/C16H18N2O11/c1-23-13(19)8-10-7(6-5-27-17-9(6)14(20)24-2)11(15(21)25-3)28-18(10)29-12(8)16(22)26-4/h5,7-8,10-12H,1-4H3. The lowest BCUT2D eigenvalue weighted by atomic mass is 9.79. The molecule has 0 N–H and O–H groups in total. The van der Waals surface area contributed by atoms with Crippen LogP contribution in [0.25, 0.3) is 0 Å². The van der Waals surface area contributed by atoms with Gasteiger partial charge in [-0.1, -0.05) is 10.4 Å². The molecule has 2 fully saturated rings. The first-order valence-electron chi connectivity index (χ1n) is 8.28. The van der Waals surface area contributed by atoms with E-state index in [0.29, 0.717) is 0 Å². The summed E-state index contributed by atoms with van der Waals surface area (Å²) in [6, 6.07) is -1.07. The predicted molar refractivity (Wildman–Crippen MR) is 85.5 cm³/mol. The highest BCUT2D eigenvalue weighted by molar-refractivity contribution is 5.90. The summed E-state index contributed by atoms with van der Waals surface area (Å²) in [5.41, 5.74) is -0.134. The number of nitrogens with zero attached hydrogens (tertiary/aromatic N) is 2. The van der Waals surface area contributed by atoms with E-state index in [-0.39, 0.29) is 11.3 Å². The lowest BCUT2D eigenvalue weighted by Crippen LogP contribution is -2.42. The van der Waals surface area contributed by atoms with Gasteiger partial charge in [0.25, 0.3) is 0 Å². The number of aromatic nitrogens is 1. The first-order valence-corrected chi connectivity index (χ1v) is 8.28. The molecule has 5 unspecified atom stereocenters. The van der Waals surface area contributed by atoms with Gasteiger partial charge in [-0.25, -0.2) is 14.4 Å². The fourth-order valence-corrected chi connectivity index (χ4v) is 3.45. The molecule has 0 spiro atoms. The molecule has 0 radical (unpaired) electrons. The number of esters is 4. The van der Waals surface area contributed by atoms with E-state index in [1.807, 2.05) is 0 Å². The molecule has 3 rings (SSSR count). The van der Waals surface area contributed by atoms with Crippen LogP contribution in [0.15, 0.2) is 10.8 Å². The minimum Gasteiger partial charge on any atom is -0.469 e. The highest BCUT2D eigenvalue weighted by atomic mass is 17.0. The van der Waals surface area contributed by atoms with Crippen LogP contribution in [-0.2, 0) is 43.0 Å². The fraction of sp³-hybridized carbons (Fsp3) is 0.562. The van der Waals surface area contributed by atoms with Gasteiger partial charge in [0.05, 0.1) is 40.4 Å². The number of fused-ring (bicyclic) bond motifs is 1. The second-order valence-electron chi connectivity index (χ2n) is 6.06. The third kappa shape index (κ3) is 3.32. The van der Waals surface area contributed by atoms with Crippen molar-refractivity contribution in [2.45, 2.75) is 24.2 Å². The Morgan fingerprint density at radius 3 is 2.07 bits per heavy atom. The number of hydrogen-bond acceptors (Lipinski definition) is 13. The topological polar surface area (TPSA) is 153 Å². The number of ether oxygens (including phenoxy) is 4. The van der Waals surface area contributed by atoms with Gasteiger partial charge in [0.1, 0.15) is 12.2 Å². The lowest BCUT2D eigenvalue weighted by Gasteiger charge is -2.23. The van der Waals surface area contributed by atoms with Gasteiger partial charge in [-0.05, 0) is 0 Å². The van der Waals surface area contributed by atoms with E-state index in [4.69, 9.17) is 23.7 Å². The van der Waals surface area contributed by atoms with Gasteiger partial charge < -0.3 is 23.5 Å². The molecule has 0 aliphatic carbocycles. The fourth-order valence-electron chi connectivity index (χ4n) is 3.45. The lowest BCUT2D eigenvalue weighted by molar-refractivity contribution is -0.350. The molecule has 0 saturated carbocycles. The Hall–Kier alpha value is -3.03. The molecule has 29 heavy (non-hydrogen) atoms. The third-order valence-electron chi connectivity index (χ3n) is 4.74. The predicted octanol–water partition coefficient (Wildman–Crippen LogP) is -1.02. The maximum atomic E-state index is 12.5. The molecule has 13 heteroatoms. The highest BCUT2D eigenvalue weighted by Gasteiger charge is 2.64. The average Bonchev–Trinajstić information content (AvgIpc) is 3.44. The van der Waals surface area contributed by atoms with Crippen molar-refractivity contribution in [1.29, 1.82) is 0 Å². The number of methoxy groups -OCH3 is 4. The Labute approximate surface area is 163 Å². The van der Waals surface area contributed by atoms with Crippen LogP contribution in [0.5, 0.6) is 0 Å². The van der Waals surface area contributed by atoms with Gasteiger partial charge in [0.2, 0.25) is 0 Å². The first-order chi connectivity index (χ1) is 13.9. The van der Waals surface area contributed by atoms with E-state index in [2.05, 4.69) is 14.6 Å². The molecule has 1 aromatic heterocycles. The molecule has 3 heterocycles. The van der Waals surface area contributed by atoms with E-state index >= 15 is 0 Å². The van der Waals surface area contributed by atoms with E-state index in [1.165, 1.54) is 0 Å². The van der Waals surface area contributed by atoms with E-state index < -0.39 is 54.0 Å². The maximum absolute atomic E-state index is 12.5. The van der Waals surface area contributed by atoms with Crippen molar-refractivity contribution in [2.75, 3.05) is 28.4 Å². The van der Waals surface area contributed by atoms with Gasteiger partial charge in [-0.15, -0.1) is 0 Å². The summed E-state index contributed by atoms with van der Waals surface area (Å²) in [7, 11) is 4.52. The van der Waals surface area contributed by atoms with E-state index in [1.54, 1.807) is 0 Å². The summed E-state index contributed by atoms with van der Waals surface area (Å²) in [5, 5.41) is 4.44. The molecular formula is C16H18N2O11. The molecule has 2 aliphatic rings. The number of hydroxylamine groups is 2. The summed E-state index contributed by atoms with van der Waals surface area (Å²) in [6.07, 6.45) is -1.63. The quantitative estimate of drug-likeness (QED) is 0.427. The van der Waals surface area contributed by atoms with Crippen LogP contribution >= 0.6 is 0 Å². The number of carbonyl (C=O) groups is 4. The second kappa shape index (κ2) is 8.14. The van der Waals surface area contributed by atoms with Crippen LogP contribution in [0.3, 0.4) is 0 Å². The van der Waals surface area contributed by atoms with E-state index in [9.17, 15) is 19.2 Å². The van der Waals surface area contributed by atoms with Crippen molar-refractivity contribution >= 4 is 23.9 Å². The van der Waals surface area contributed by atoms with Crippen LogP contribution in [0.2, 0.25) is 0 Å². The molecule has 0 bridgehead atoms. The SMILES string of the molecule is COC(=O)c1nocc1C1C(C(=O)OC)ON2OC(C(=O)OC)C(C(=O)OC)C12. The molecular weight excluding hydrogens is 396 g/mol. The van der Waals surface area contributed by atoms with Crippen LogP contribution in [0.4, 0.5) is 0 Å². The number of rotatable bonds is 5. The van der Waals surface area contributed by atoms with Crippen LogP contribution in [-0.4, -0.2) is 80.9 Å². The molecule has 13 nitrogen and oxygen atoms in total. The van der Waals surface area contributed by atoms with Gasteiger partial charge in [-0.2, -0.15) is 0 Å². The number of hydrogen-bond donors (Lipinski definition) is 0. The molecule has 2 saturated heterocycles. The van der Waals surface area contributed by atoms with Crippen molar-refractivity contribution in [2.24, 2.45) is 5.92 Å². The van der Waals surface area contributed by atoms with E-state index in [0.717, 1.165) is 39.9 Å². The smallest absolute Gasteiger partial charge is 0.360 e. The zero-order valence-corrected chi connectivity index (χ0v) is 15.8. The first kappa shape index (κ1) is 20.7. The van der Waals surface area contributed by atoms with Crippen LogP contribution in [0.1, 0.15) is 22.0 Å². The summed E-state index contributed by atoms with van der Waals surface area (Å²) < 4.78 is 23.8. The van der Waals surface area contributed by atoms with Gasteiger partial charge in [-0.3, -0.25) is 14.5 Å². The average molecular weight is 414 g/mol. The maximum Gasteiger partial charge on any atom is 0.360 e. The Balaban J connectivity index is 2.10. The largest absolute Gasteiger partial charge is 0.469 e. The normalized spacial score (nSPS) is 28.5. The molecule has 158 valence electrons. The molecule has 0 amide bonds. The highest BCUT2D eigenvalue weighted by Crippen LogP contribution is 2.47. The molecule has 1 aromatic rings. The Bertz CT molecular complexity index is 822. The van der Waals surface area contributed by atoms with Gasteiger partial charge >= 0.3 is 23.9 Å². The summed E-state index contributed by atoms with van der Waals surface area (Å²) >= 11 is 0. The minimum atomic E-state index is -1.40. The molecule has 2 aliphatic heterocycles. The zero-order chi connectivity index (χ0) is 21.3.